The lowest BCUT2D eigenvalue weighted by Gasteiger charge is -2.33. The van der Waals surface area contributed by atoms with Gasteiger partial charge < -0.3 is 15.4 Å². The highest BCUT2D eigenvalue weighted by Crippen LogP contribution is 2.31. The van der Waals surface area contributed by atoms with Crippen LogP contribution in [0.15, 0.2) is 30.5 Å². The first kappa shape index (κ1) is 13.2. The number of nitrogens with zero attached hydrogens (tertiary/aromatic N) is 2. The molecule has 106 valence electrons. The van der Waals surface area contributed by atoms with Crippen molar-refractivity contribution >= 4 is 22.3 Å². The van der Waals surface area contributed by atoms with E-state index in [9.17, 15) is 0 Å². The van der Waals surface area contributed by atoms with E-state index >= 15 is 0 Å². The Morgan fingerprint density at radius 2 is 2.10 bits per heavy atom. The minimum atomic E-state index is 0.684. The molecule has 1 fully saturated rings. The fourth-order valence-electron chi connectivity index (χ4n) is 3.01. The number of methoxy groups -OCH3 is 1. The summed E-state index contributed by atoms with van der Waals surface area (Å²) in [6.45, 7) is 2.99. The summed E-state index contributed by atoms with van der Waals surface area (Å²) in [7, 11) is 1.78. The molecular weight excluding hydrogens is 250 g/mol. The highest BCUT2D eigenvalue weighted by molar-refractivity contribution is 5.98. The van der Waals surface area contributed by atoms with Crippen LogP contribution < -0.4 is 10.6 Å². The molecule has 2 aromatic rings. The van der Waals surface area contributed by atoms with Crippen LogP contribution in [0.25, 0.3) is 10.9 Å². The molecular formula is C16H21N3O. The molecule has 0 radical (unpaired) electrons. The molecule has 1 aromatic heterocycles. The summed E-state index contributed by atoms with van der Waals surface area (Å²) >= 11 is 0. The van der Waals surface area contributed by atoms with E-state index in [0.717, 1.165) is 36.3 Å². The van der Waals surface area contributed by atoms with Gasteiger partial charge in [0.15, 0.2) is 0 Å². The molecule has 1 aliphatic rings. The third kappa shape index (κ3) is 2.43. The molecule has 2 N–H and O–H groups in total. The molecule has 0 bridgehead atoms. The van der Waals surface area contributed by atoms with Gasteiger partial charge in [-0.1, -0.05) is 0 Å². The highest BCUT2D eigenvalue weighted by Gasteiger charge is 2.21. The van der Waals surface area contributed by atoms with Gasteiger partial charge in [0.05, 0.1) is 11.2 Å². The fourth-order valence-corrected chi connectivity index (χ4v) is 3.01. The second-order valence-corrected chi connectivity index (χ2v) is 5.46. The monoisotopic (exact) mass is 271 g/mol. The van der Waals surface area contributed by atoms with Gasteiger partial charge in [0.2, 0.25) is 0 Å². The molecule has 4 heteroatoms. The van der Waals surface area contributed by atoms with Crippen LogP contribution in [0.1, 0.15) is 12.8 Å². The number of nitrogens with two attached hydrogens (primary N) is 1. The third-order valence-electron chi connectivity index (χ3n) is 4.14. The molecule has 20 heavy (non-hydrogen) atoms. The largest absolute Gasteiger partial charge is 0.398 e. The van der Waals surface area contributed by atoms with Gasteiger partial charge >= 0.3 is 0 Å². The summed E-state index contributed by atoms with van der Waals surface area (Å²) in [5, 5.41) is 1.05. The number of rotatable bonds is 3. The van der Waals surface area contributed by atoms with Crippen molar-refractivity contribution in [2.24, 2.45) is 5.92 Å². The van der Waals surface area contributed by atoms with E-state index in [1.165, 1.54) is 18.5 Å². The van der Waals surface area contributed by atoms with Crippen molar-refractivity contribution in [3.63, 3.8) is 0 Å². The molecule has 1 saturated heterocycles. The number of ether oxygens (including phenoxy) is 1. The number of benzene rings is 1. The van der Waals surface area contributed by atoms with Gasteiger partial charge in [-0.05, 0) is 43.0 Å². The number of aromatic nitrogens is 1. The van der Waals surface area contributed by atoms with Gasteiger partial charge in [-0.3, -0.25) is 4.98 Å². The zero-order chi connectivity index (χ0) is 13.9. The van der Waals surface area contributed by atoms with Crippen molar-refractivity contribution in [2.45, 2.75) is 12.8 Å². The SMILES string of the molecule is COCC1CCN(c2ccc(N)c3cccnc23)CC1. The van der Waals surface area contributed by atoms with Crippen LogP contribution in [0.5, 0.6) is 0 Å². The van der Waals surface area contributed by atoms with Crippen LogP contribution in [-0.2, 0) is 4.74 Å². The van der Waals surface area contributed by atoms with Crippen molar-refractivity contribution in [3.8, 4) is 0 Å². The average Bonchev–Trinajstić information content (AvgIpc) is 2.49. The van der Waals surface area contributed by atoms with Crippen LogP contribution >= 0.6 is 0 Å². The van der Waals surface area contributed by atoms with E-state index in [1.54, 1.807) is 7.11 Å². The van der Waals surface area contributed by atoms with E-state index < -0.39 is 0 Å². The predicted octanol–water partition coefficient (Wildman–Crippen LogP) is 2.68. The standard InChI is InChI=1S/C16H21N3O/c1-20-11-12-6-9-19(10-7-12)15-5-4-14(17)13-3-2-8-18-16(13)15/h2-5,8,12H,6-7,9-11,17H2,1H3. The molecule has 0 spiro atoms. The van der Waals surface area contributed by atoms with Crippen molar-refractivity contribution in [1.29, 1.82) is 0 Å². The molecule has 0 atom stereocenters. The Morgan fingerprint density at radius 3 is 2.85 bits per heavy atom. The predicted molar refractivity (Wildman–Crippen MR) is 83.0 cm³/mol. The Morgan fingerprint density at radius 1 is 1.30 bits per heavy atom. The van der Waals surface area contributed by atoms with Gasteiger partial charge in [0.1, 0.15) is 0 Å². The number of piperidine rings is 1. The molecule has 4 nitrogen and oxygen atoms in total. The maximum Gasteiger partial charge on any atom is 0.0955 e. The second-order valence-electron chi connectivity index (χ2n) is 5.46. The Kier molecular flexibility index (Phi) is 3.74. The number of pyridine rings is 1. The minimum absolute atomic E-state index is 0.684. The summed E-state index contributed by atoms with van der Waals surface area (Å²) in [6, 6.07) is 8.06. The summed E-state index contributed by atoms with van der Waals surface area (Å²) in [5.41, 5.74) is 9.05. The Balaban J connectivity index is 1.87. The van der Waals surface area contributed by atoms with Crippen molar-refractivity contribution < 1.29 is 4.74 Å². The molecule has 0 aliphatic carbocycles. The third-order valence-corrected chi connectivity index (χ3v) is 4.14. The van der Waals surface area contributed by atoms with Gasteiger partial charge in [0, 0.05) is 44.1 Å². The van der Waals surface area contributed by atoms with Gasteiger partial charge in [-0.2, -0.15) is 0 Å². The maximum absolute atomic E-state index is 6.04. The van der Waals surface area contributed by atoms with Crippen LogP contribution in [0.2, 0.25) is 0 Å². The van der Waals surface area contributed by atoms with E-state index in [0.29, 0.717) is 5.92 Å². The van der Waals surface area contributed by atoms with E-state index in [4.69, 9.17) is 10.5 Å². The van der Waals surface area contributed by atoms with E-state index in [2.05, 4.69) is 16.0 Å². The lowest BCUT2D eigenvalue weighted by atomic mass is 9.97. The first-order valence-electron chi connectivity index (χ1n) is 7.16. The normalized spacial score (nSPS) is 16.8. The second kappa shape index (κ2) is 5.67. The molecule has 3 rings (SSSR count). The van der Waals surface area contributed by atoms with E-state index in [-0.39, 0.29) is 0 Å². The first-order valence-corrected chi connectivity index (χ1v) is 7.16. The zero-order valence-corrected chi connectivity index (χ0v) is 11.9. The zero-order valence-electron chi connectivity index (χ0n) is 11.9. The molecule has 2 heterocycles. The molecule has 0 unspecified atom stereocenters. The number of fused-ring (bicyclic) bond motifs is 1. The fraction of sp³-hybridized carbons (Fsp3) is 0.438. The molecule has 0 amide bonds. The highest BCUT2D eigenvalue weighted by atomic mass is 16.5. The Hall–Kier alpha value is -1.81. The van der Waals surface area contributed by atoms with Gasteiger partial charge in [0.25, 0.3) is 0 Å². The summed E-state index contributed by atoms with van der Waals surface area (Å²) in [5.74, 6) is 0.684. The van der Waals surface area contributed by atoms with Crippen molar-refractivity contribution in [1.82, 2.24) is 4.98 Å². The van der Waals surface area contributed by atoms with Crippen LogP contribution in [0.4, 0.5) is 11.4 Å². The average molecular weight is 271 g/mol. The van der Waals surface area contributed by atoms with Crippen LogP contribution in [-0.4, -0.2) is 31.8 Å². The number of anilines is 2. The lowest BCUT2D eigenvalue weighted by Crippen LogP contribution is -2.35. The smallest absolute Gasteiger partial charge is 0.0955 e. The topological polar surface area (TPSA) is 51.4 Å². The van der Waals surface area contributed by atoms with Crippen LogP contribution in [0, 0.1) is 5.92 Å². The maximum atomic E-state index is 6.04. The van der Waals surface area contributed by atoms with Crippen molar-refractivity contribution in [3.05, 3.63) is 30.5 Å². The first-order chi connectivity index (χ1) is 9.79. The van der Waals surface area contributed by atoms with Gasteiger partial charge in [-0.15, -0.1) is 0 Å². The van der Waals surface area contributed by atoms with Crippen molar-refractivity contribution in [2.75, 3.05) is 37.4 Å². The molecule has 1 aliphatic heterocycles. The molecule has 0 saturated carbocycles. The van der Waals surface area contributed by atoms with E-state index in [1.807, 2.05) is 24.4 Å². The van der Waals surface area contributed by atoms with Gasteiger partial charge in [-0.25, -0.2) is 0 Å². The minimum Gasteiger partial charge on any atom is -0.398 e. The number of hydrogen-bond donors (Lipinski definition) is 1. The Bertz CT molecular complexity index is 591. The number of nitrogen functional groups attached to an aromatic ring is 1. The summed E-state index contributed by atoms with van der Waals surface area (Å²) < 4.78 is 5.26. The summed E-state index contributed by atoms with van der Waals surface area (Å²) in [4.78, 5) is 6.94. The summed E-state index contributed by atoms with van der Waals surface area (Å²) in [6.07, 6.45) is 4.18. The molecule has 1 aromatic carbocycles. The Labute approximate surface area is 119 Å². The number of hydrogen-bond acceptors (Lipinski definition) is 4. The van der Waals surface area contributed by atoms with Crippen LogP contribution in [0.3, 0.4) is 0 Å². The quantitative estimate of drug-likeness (QED) is 0.872. The lowest BCUT2D eigenvalue weighted by molar-refractivity contribution is 0.139.